The summed E-state index contributed by atoms with van der Waals surface area (Å²) in [5.41, 5.74) is 0. The molecule has 1 rings (SSSR count). The number of likely N-dealkylation sites (N-methyl/N-ethyl adjacent to an activating group) is 1. The van der Waals surface area contributed by atoms with E-state index in [1.54, 1.807) is 0 Å². The zero-order valence-corrected chi connectivity index (χ0v) is 5.05. The van der Waals surface area contributed by atoms with Crippen molar-refractivity contribution in [2.75, 3.05) is 26.7 Å². The number of nitrogens with one attached hydrogen (secondary N) is 1. The first-order valence-corrected chi connectivity index (χ1v) is 2.85. The zero-order valence-electron chi connectivity index (χ0n) is 5.05. The summed E-state index contributed by atoms with van der Waals surface area (Å²) in [5, 5.41) is 7.13. The van der Waals surface area contributed by atoms with Gasteiger partial charge in [0.2, 0.25) is 0 Å². The summed E-state index contributed by atoms with van der Waals surface area (Å²) in [6, 6.07) is 0. The topological polar surface area (TPSA) is 35.4 Å². The van der Waals surface area contributed by atoms with Crippen molar-refractivity contribution < 1.29 is 4.74 Å². The Bertz CT molecular complexity index is 61.4. The summed E-state index contributed by atoms with van der Waals surface area (Å²) in [4.78, 5) is 0. The third kappa shape index (κ3) is 1.43. The lowest BCUT2D eigenvalue weighted by Gasteiger charge is -2.21. The van der Waals surface area contributed by atoms with E-state index in [9.17, 15) is 0 Å². The highest BCUT2D eigenvalue weighted by Gasteiger charge is 2.09. The van der Waals surface area contributed by atoms with E-state index in [1.807, 2.05) is 7.05 Å². The van der Waals surface area contributed by atoms with Crippen LogP contribution in [0.1, 0.15) is 0 Å². The van der Waals surface area contributed by atoms with E-state index in [-0.39, 0.29) is 6.23 Å². The van der Waals surface area contributed by atoms with Crippen LogP contribution in [0.15, 0.2) is 0 Å². The fourth-order valence-electron chi connectivity index (χ4n) is 0.695. The van der Waals surface area contributed by atoms with Crippen LogP contribution < -0.4 is 10.6 Å². The lowest BCUT2D eigenvalue weighted by molar-refractivity contribution is 0.0105. The van der Waals surface area contributed by atoms with Crippen LogP contribution in [0.2, 0.25) is 0 Å². The van der Waals surface area contributed by atoms with E-state index in [0.29, 0.717) is 0 Å². The second-order valence-electron chi connectivity index (χ2n) is 1.78. The molecule has 1 heterocycles. The molecular weight excluding hydrogens is 104 g/mol. The summed E-state index contributed by atoms with van der Waals surface area (Å²) < 4.78 is 5.22. The second kappa shape index (κ2) is 3.02. The third-order valence-corrected chi connectivity index (χ3v) is 1.19. The van der Waals surface area contributed by atoms with E-state index >= 15 is 0 Å². The molecule has 0 aromatic carbocycles. The van der Waals surface area contributed by atoms with Gasteiger partial charge in [-0.05, 0) is 7.05 Å². The van der Waals surface area contributed by atoms with Gasteiger partial charge in [-0.15, -0.1) is 0 Å². The molecule has 1 saturated heterocycles. The van der Waals surface area contributed by atoms with Crippen molar-refractivity contribution >= 4 is 0 Å². The predicted octanol–water partition coefficient (Wildman–Crippen LogP) is -0.833. The first-order chi connectivity index (χ1) is 3.93. The number of nitrogens with zero attached hydrogens (tertiary/aromatic N) is 1. The molecule has 1 unspecified atom stereocenters. The fraction of sp³-hybridized carbons (Fsp3) is 1.00. The van der Waals surface area contributed by atoms with Gasteiger partial charge in [-0.25, -0.2) is 5.32 Å². The number of morpholine rings is 1. The van der Waals surface area contributed by atoms with Crippen LogP contribution in [0, 0.1) is 0 Å². The summed E-state index contributed by atoms with van der Waals surface area (Å²) in [5.74, 6) is 0. The molecule has 0 amide bonds. The van der Waals surface area contributed by atoms with Gasteiger partial charge in [0.25, 0.3) is 0 Å². The predicted molar refractivity (Wildman–Crippen MR) is 30.7 cm³/mol. The lowest BCUT2D eigenvalue weighted by atomic mass is 10.4. The number of ether oxygens (including phenoxy) is 1. The highest BCUT2D eigenvalue weighted by molar-refractivity contribution is 4.61. The van der Waals surface area contributed by atoms with Crippen molar-refractivity contribution in [3.8, 4) is 0 Å². The summed E-state index contributed by atoms with van der Waals surface area (Å²) in [7, 11) is 1.88. The Balaban J connectivity index is 2.13. The van der Waals surface area contributed by atoms with Gasteiger partial charge in [-0.2, -0.15) is 0 Å². The van der Waals surface area contributed by atoms with Crippen LogP contribution >= 0.6 is 0 Å². The Morgan fingerprint density at radius 3 is 3.00 bits per heavy atom. The first kappa shape index (κ1) is 6.01. The minimum atomic E-state index is 0.170. The van der Waals surface area contributed by atoms with E-state index in [2.05, 4.69) is 10.6 Å². The van der Waals surface area contributed by atoms with Gasteiger partial charge in [0.15, 0.2) is 0 Å². The molecule has 1 aliphatic heterocycles. The summed E-state index contributed by atoms with van der Waals surface area (Å²) in [6.07, 6.45) is 0.170. The summed E-state index contributed by atoms with van der Waals surface area (Å²) >= 11 is 0. The normalized spacial score (nSPS) is 30.4. The van der Waals surface area contributed by atoms with Crippen LogP contribution in [-0.4, -0.2) is 33.0 Å². The minimum absolute atomic E-state index is 0.170. The van der Waals surface area contributed by atoms with Crippen molar-refractivity contribution in [2.24, 2.45) is 0 Å². The molecule has 0 aromatic heterocycles. The molecule has 0 aromatic rings. The quantitative estimate of drug-likeness (QED) is 0.484. The molecule has 3 heteroatoms. The molecule has 1 radical (unpaired) electrons. The molecule has 47 valence electrons. The van der Waals surface area contributed by atoms with Crippen molar-refractivity contribution in [3.05, 3.63) is 0 Å². The molecular formula is C5H11N2O. The third-order valence-electron chi connectivity index (χ3n) is 1.19. The number of rotatable bonds is 1. The molecule has 3 nitrogen and oxygen atoms in total. The van der Waals surface area contributed by atoms with E-state index in [0.717, 1.165) is 19.7 Å². The van der Waals surface area contributed by atoms with Crippen molar-refractivity contribution in [3.63, 3.8) is 0 Å². The van der Waals surface area contributed by atoms with Crippen LogP contribution in [0.5, 0.6) is 0 Å². The Morgan fingerprint density at radius 1 is 1.75 bits per heavy atom. The zero-order chi connectivity index (χ0) is 5.82. The molecule has 0 saturated carbocycles. The highest BCUT2D eigenvalue weighted by Crippen LogP contribution is 1.90. The molecule has 1 N–H and O–H groups in total. The Hall–Kier alpha value is -0.120. The van der Waals surface area contributed by atoms with Gasteiger partial charge in [0.1, 0.15) is 6.23 Å². The molecule has 0 spiro atoms. The van der Waals surface area contributed by atoms with Gasteiger partial charge in [0, 0.05) is 6.54 Å². The average Bonchev–Trinajstić information content (AvgIpc) is 1.90. The summed E-state index contributed by atoms with van der Waals surface area (Å²) in [6.45, 7) is 2.43. The minimum Gasteiger partial charge on any atom is -0.361 e. The Morgan fingerprint density at radius 2 is 2.62 bits per heavy atom. The maximum atomic E-state index is 5.22. The van der Waals surface area contributed by atoms with Gasteiger partial charge in [-0.1, -0.05) is 0 Å². The maximum absolute atomic E-state index is 5.22. The molecule has 0 bridgehead atoms. The van der Waals surface area contributed by atoms with Gasteiger partial charge in [0.05, 0.1) is 13.2 Å². The van der Waals surface area contributed by atoms with E-state index in [1.165, 1.54) is 0 Å². The van der Waals surface area contributed by atoms with E-state index in [4.69, 9.17) is 4.74 Å². The highest BCUT2D eigenvalue weighted by atomic mass is 16.5. The monoisotopic (exact) mass is 115 g/mol. The largest absolute Gasteiger partial charge is 0.361 e. The van der Waals surface area contributed by atoms with Gasteiger partial charge in [-0.3, -0.25) is 5.32 Å². The Kier molecular flexibility index (Phi) is 2.27. The standard InChI is InChI=1S/C5H11N2O/c1-6-5-4-7-2-3-8-5/h5-6H,2-4H2,1H3. The van der Waals surface area contributed by atoms with Crippen molar-refractivity contribution in [1.29, 1.82) is 0 Å². The first-order valence-electron chi connectivity index (χ1n) is 2.85. The molecule has 1 fully saturated rings. The van der Waals surface area contributed by atoms with Crippen molar-refractivity contribution in [2.45, 2.75) is 6.23 Å². The maximum Gasteiger partial charge on any atom is 0.122 e. The second-order valence-corrected chi connectivity index (χ2v) is 1.78. The van der Waals surface area contributed by atoms with E-state index < -0.39 is 0 Å². The molecule has 0 aliphatic carbocycles. The number of hydrogen-bond acceptors (Lipinski definition) is 2. The van der Waals surface area contributed by atoms with Gasteiger partial charge < -0.3 is 4.74 Å². The molecule has 1 aliphatic rings. The smallest absolute Gasteiger partial charge is 0.122 e. The SMILES string of the molecule is CNC1C[N]CCO1. The van der Waals surface area contributed by atoms with Crippen molar-refractivity contribution in [1.82, 2.24) is 10.6 Å². The molecule has 1 atom stereocenters. The van der Waals surface area contributed by atoms with Crippen LogP contribution in [-0.2, 0) is 4.74 Å². The van der Waals surface area contributed by atoms with Crippen LogP contribution in [0.25, 0.3) is 0 Å². The fourth-order valence-corrected chi connectivity index (χ4v) is 0.695. The molecule has 8 heavy (non-hydrogen) atoms. The van der Waals surface area contributed by atoms with Gasteiger partial charge >= 0.3 is 0 Å². The number of hydrogen-bond donors (Lipinski definition) is 1. The van der Waals surface area contributed by atoms with Crippen LogP contribution in [0.4, 0.5) is 0 Å². The lowest BCUT2D eigenvalue weighted by Crippen LogP contribution is -2.42. The van der Waals surface area contributed by atoms with Crippen LogP contribution in [0.3, 0.4) is 0 Å². The Labute approximate surface area is 49.4 Å². The average molecular weight is 115 g/mol.